The number of hydrogen-bond acceptors (Lipinski definition) is 1. The van der Waals surface area contributed by atoms with Crippen LogP contribution < -0.4 is 0 Å². The van der Waals surface area contributed by atoms with E-state index >= 15 is 0 Å². The predicted molar refractivity (Wildman–Crippen MR) is 133 cm³/mol. The molecule has 0 aliphatic carbocycles. The molecule has 31 heavy (non-hydrogen) atoms. The van der Waals surface area contributed by atoms with E-state index in [1.165, 1.54) is 27.5 Å². The SMILES string of the molecule is C=C(/C=C(\C)c1cccc(-c2ccc(C)c3c2oc2ccccc23)c1)c1ccccc1. The number of furan rings is 1. The normalized spacial score (nSPS) is 11.9. The van der Waals surface area contributed by atoms with Gasteiger partial charge in [-0.1, -0.05) is 91.5 Å². The van der Waals surface area contributed by atoms with E-state index in [1.54, 1.807) is 0 Å². The average Bonchev–Trinajstić information content (AvgIpc) is 3.20. The average molecular weight is 401 g/mol. The molecular formula is C30H24O. The van der Waals surface area contributed by atoms with Gasteiger partial charge in [0.05, 0.1) is 0 Å². The van der Waals surface area contributed by atoms with Crippen molar-refractivity contribution >= 4 is 33.1 Å². The van der Waals surface area contributed by atoms with Crippen LogP contribution in [0.1, 0.15) is 23.6 Å². The van der Waals surface area contributed by atoms with E-state index in [-0.39, 0.29) is 0 Å². The van der Waals surface area contributed by atoms with Crippen molar-refractivity contribution in [1.82, 2.24) is 0 Å². The molecule has 1 aromatic heterocycles. The molecule has 1 heterocycles. The zero-order chi connectivity index (χ0) is 21.4. The summed E-state index contributed by atoms with van der Waals surface area (Å²) in [7, 11) is 0. The molecule has 0 saturated heterocycles. The third-order valence-electron chi connectivity index (χ3n) is 5.90. The van der Waals surface area contributed by atoms with Crippen LogP contribution in [-0.2, 0) is 0 Å². The molecule has 0 saturated carbocycles. The lowest BCUT2D eigenvalue weighted by molar-refractivity contribution is 0.670. The number of hydrogen-bond donors (Lipinski definition) is 0. The number of benzene rings is 4. The highest BCUT2D eigenvalue weighted by molar-refractivity contribution is 6.11. The summed E-state index contributed by atoms with van der Waals surface area (Å²) in [4.78, 5) is 0. The van der Waals surface area contributed by atoms with E-state index < -0.39 is 0 Å². The first-order chi connectivity index (χ1) is 15.1. The van der Waals surface area contributed by atoms with Gasteiger partial charge in [0, 0.05) is 16.3 Å². The second kappa shape index (κ2) is 7.77. The topological polar surface area (TPSA) is 13.1 Å². The smallest absolute Gasteiger partial charge is 0.143 e. The second-order valence-electron chi connectivity index (χ2n) is 8.03. The first-order valence-corrected chi connectivity index (χ1v) is 10.6. The van der Waals surface area contributed by atoms with Crippen LogP contribution in [0.4, 0.5) is 0 Å². The van der Waals surface area contributed by atoms with Gasteiger partial charge in [-0.25, -0.2) is 0 Å². The Labute approximate surface area is 183 Å². The minimum absolute atomic E-state index is 0.930. The Hall–Kier alpha value is -3.84. The quantitative estimate of drug-likeness (QED) is 0.275. The molecule has 0 fully saturated rings. The van der Waals surface area contributed by atoms with Crippen molar-refractivity contribution in [2.45, 2.75) is 13.8 Å². The summed E-state index contributed by atoms with van der Waals surface area (Å²) in [5, 5.41) is 2.37. The lowest BCUT2D eigenvalue weighted by Gasteiger charge is -2.09. The summed E-state index contributed by atoms with van der Waals surface area (Å²) in [6, 6.07) is 31.6. The van der Waals surface area contributed by atoms with Crippen LogP contribution in [0.25, 0.3) is 44.2 Å². The first-order valence-electron chi connectivity index (χ1n) is 10.6. The van der Waals surface area contributed by atoms with Crippen molar-refractivity contribution in [3.05, 3.63) is 120 Å². The Morgan fingerprint density at radius 3 is 2.39 bits per heavy atom. The molecule has 5 rings (SSSR count). The largest absolute Gasteiger partial charge is 0.455 e. The molecular weight excluding hydrogens is 376 g/mol. The third-order valence-corrected chi connectivity index (χ3v) is 5.90. The number of allylic oxidation sites excluding steroid dienone is 3. The Morgan fingerprint density at radius 2 is 1.55 bits per heavy atom. The molecule has 1 nitrogen and oxygen atoms in total. The van der Waals surface area contributed by atoms with E-state index in [4.69, 9.17) is 4.42 Å². The molecule has 150 valence electrons. The Balaban J connectivity index is 1.60. The minimum atomic E-state index is 0.930. The molecule has 0 aliphatic heterocycles. The number of para-hydroxylation sites is 1. The summed E-state index contributed by atoms with van der Waals surface area (Å²) < 4.78 is 6.31. The fourth-order valence-corrected chi connectivity index (χ4v) is 4.23. The van der Waals surface area contributed by atoms with Crippen LogP contribution in [0.3, 0.4) is 0 Å². The maximum absolute atomic E-state index is 6.31. The Kier molecular flexibility index (Phi) is 4.80. The van der Waals surface area contributed by atoms with Crippen LogP contribution in [0.5, 0.6) is 0 Å². The predicted octanol–water partition coefficient (Wildman–Crippen LogP) is 8.68. The Bertz CT molecular complexity index is 1450. The summed E-state index contributed by atoms with van der Waals surface area (Å²) in [6.07, 6.45) is 2.15. The third kappa shape index (κ3) is 3.49. The van der Waals surface area contributed by atoms with Gasteiger partial charge in [0.1, 0.15) is 11.2 Å². The van der Waals surface area contributed by atoms with Gasteiger partial charge < -0.3 is 4.42 Å². The molecule has 1 heteroatoms. The van der Waals surface area contributed by atoms with E-state index in [1.807, 2.05) is 30.3 Å². The maximum Gasteiger partial charge on any atom is 0.143 e. The number of aryl methyl sites for hydroxylation is 1. The van der Waals surface area contributed by atoms with Crippen LogP contribution in [0.2, 0.25) is 0 Å². The van der Waals surface area contributed by atoms with E-state index in [9.17, 15) is 0 Å². The molecule has 4 aromatic carbocycles. The van der Waals surface area contributed by atoms with Gasteiger partial charge in [-0.15, -0.1) is 0 Å². The summed E-state index contributed by atoms with van der Waals surface area (Å²) >= 11 is 0. The van der Waals surface area contributed by atoms with E-state index in [0.29, 0.717) is 0 Å². The monoisotopic (exact) mass is 400 g/mol. The molecule has 0 spiro atoms. The number of rotatable bonds is 4. The van der Waals surface area contributed by atoms with E-state index in [0.717, 1.165) is 33.4 Å². The zero-order valence-electron chi connectivity index (χ0n) is 17.9. The van der Waals surface area contributed by atoms with E-state index in [2.05, 4.69) is 87.2 Å². The van der Waals surface area contributed by atoms with Crippen LogP contribution in [0, 0.1) is 6.92 Å². The Morgan fingerprint density at radius 1 is 0.806 bits per heavy atom. The standard InChI is InChI=1S/C30H24O/c1-20-16-17-26(30-29(20)27-14-7-8-15-28(27)31-30)25-13-9-12-24(19-25)22(3)18-21(2)23-10-5-4-6-11-23/h4-19H,2H2,1,3H3/b22-18+. The molecule has 0 bridgehead atoms. The molecule has 0 radical (unpaired) electrons. The van der Waals surface area contributed by atoms with Crippen molar-refractivity contribution in [3.63, 3.8) is 0 Å². The fraction of sp³-hybridized carbons (Fsp3) is 0.0667. The molecule has 0 atom stereocenters. The summed E-state index contributed by atoms with van der Waals surface area (Å²) in [5.41, 5.74) is 9.90. The van der Waals surface area contributed by atoms with Crippen molar-refractivity contribution in [1.29, 1.82) is 0 Å². The van der Waals surface area contributed by atoms with Crippen molar-refractivity contribution < 1.29 is 4.42 Å². The highest BCUT2D eigenvalue weighted by atomic mass is 16.3. The molecule has 0 N–H and O–H groups in total. The molecule has 0 aliphatic rings. The fourth-order valence-electron chi connectivity index (χ4n) is 4.23. The zero-order valence-corrected chi connectivity index (χ0v) is 17.9. The summed E-state index contributed by atoms with van der Waals surface area (Å²) in [6.45, 7) is 8.54. The van der Waals surface area contributed by atoms with Crippen molar-refractivity contribution in [2.75, 3.05) is 0 Å². The number of fused-ring (bicyclic) bond motifs is 3. The van der Waals surface area contributed by atoms with Gasteiger partial charge >= 0.3 is 0 Å². The van der Waals surface area contributed by atoms with Crippen LogP contribution >= 0.6 is 0 Å². The lowest BCUT2D eigenvalue weighted by atomic mass is 9.95. The van der Waals surface area contributed by atoms with Crippen LogP contribution in [0.15, 0.2) is 108 Å². The van der Waals surface area contributed by atoms with Crippen molar-refractivity contribution in [2.24, 2.45) is 0 Å². The van der Waals surface area contributed by atoms with Gasteiger partial charge in [0.15, 0.2) is 0 Å². The molecule has 0 unspecified atom stereocenters. The van der Waals surface area contributed by atoms with Gasteiger partial charge in [-0.05, 0) is 59.4 Å². The maximum atomic E-state index is 6.31. The van der Waals surface area contributed by atoms with Gasteiger partial charge in [-0.2, -0.15) is 0 Å². The van der Waals surface area contributed by atoms with Crippen LogP contribution in [-0.4, -0.2) is 0 Å². The lowest BCUT2D eigenvalue weighted by Crippen LogP contribution is -1.86. The minimum Gasteiger partial charge on any atom is -0.455 e. The highest BCUT2D eigenvalue weighted by Crippen LogP contribution is 2.38. The highest BCUT2D eigenvalue weighted by Gasteiger charge is 2.14. The van der Waals surface area contributed by atoms with Gasteiger partial charge in [-0.3, -0.25) is 0 Å². The van der Waals surface area contributed by atoms with Gasteiger partial charge in [0.2, 0.25) is 0 Å². The second-order valence-corrected chi connectivity index (χ2v) is 8.03. The first kappa shape index (κ1) is 19.1. The molecule has 0 amide bonds. The van der Waals surface area contributed by atoms with Gasteiger partial charge in [0.25, 0.3) is 0 Å². The summed E-state index contributed by atoms with van der Waals surface area (Å²) in [5.74, 6) is 0. The van der Waals surface area contributed by atoms with Crippen molar-refractivity contribution in [3.8, 4) is 11.1 Å². The molecule has 5 aromatic rings.